The van der Waals surface area contributed by atoms with Crippen molar-refractivity contribution in [1.29, 1.82) is 0 Å². The van der Waals surface area contributed by atoms with Gasteiger partial charge in [0.15, 0.2) is 0 Å². The average molecular weight is 454 g/mol. The van der Waals surface area contributed by atoms with Crippen LogP contribution in [0.1, 0.15) is 19.5 Å². The minimum absolute atomic E-state index is 0.137. The Balaban J connectivity index is 1.70. The van der Waals surface area contributed by atoms with Gasteiger partial charge in [0.2, 0.25) is 0 Å². The molecule has 0 aliphatic heterocycles. The van der Waals surface area contributed by atoms with Crippen molar-refractivity contribution in [2.45, 2.75) is 13.2 Å². The number of para-hydroxylation sites is 2. The van der Waals surface area contributed by atoms with E-state index in [1.807, 2.05) is 66.7 Å². The first-order valence-electron chi connectivity index (χ1n) is 14.2. The Morgan fingerprint density at radius 1 is 0.657 bits per heavy atom. The molecule has 6 aromatic carbocycles. The van der Waals surface area contributed by atoms with Crippen molar-refractivity contribution in [3.63, 3.8) is 0 Å². The number of rotatable bonds is 3. The molecule has 0 radical (unpaired) electrons. The summed E-state index contributed by atoms with van der Waals surface area (Å²) in [7, 11) is 0. The second-order valence-electron chi connectivity index (χ2n) is 8.73. The lowest BCUT2D eigenvalue weighted by molar-refractivity contribution is 0.917. The summed E-state index contributed by atoms with van der Waals surface area (Å²) in [4.78, 5) is 4.59. The van der Waals surface area contributed by atoms with Crippen LogP contribution < -0.4 is 0 Å². The van der Waals surface area contributed by atoms with E-state index < -0.39 is 13.2 Å². The van der Waals surface area contributed by atoms with Crippen LogP contribution in [0, 0.1) is 0 Å². The van der Waals surface area contributed by atoms with Gasteiger partial charge in [-0.1, -0.05) is 110 Å². The SMILES string of the molecule is [2H]C([2H])([2H])C([2H])([2H])c1nc2ccccc2n1-c1c2ccccc2c(-c2cccc3ccccc23)c2ccccc12. The molecule has 0 fully saturated rings. The largest absolute Gasteiger partial charge is 0.295 e. The van der Waals surface area contributed by atoms with E-state index in [0.29, 0.717) is 16.7 Å². The van der Waals surface area contributed by atoms with E-state index in [4.69, 9.17) is 6.85 Å². The fraction of sp³-hybridized carbons (Fsp3) is 0.0606. The fourth-order valence-electron chi connectivity index (χ4n) is 5.42. The van der Waals surface area contributed by atoms with Crippen LogP contribution >= 0.6 is 0 Å². The molecule has 2 heteroatoms. The zero-order chi connectivity index (χ0) is 27.6. The van der Waals surface area contributed by atoms with E-state index in [2.05, 4.69) is 47.4 Å². The number of aryl methyl sites for hydroxylation is 1. The van der Waals surface area contributed by atoms with E-state index in [1.54, 1.807) is 10.6 Å². The molecule has 166 valence electrons. The second-order valence-corrected chi connectivity index (χ2v) is 8.73. The highest BCUT2D eigenvalue weighted by atomic mass is 15.1. The van der Waals surface area contributed by atoms with Gasteiger partial charge in [-0.05, 0) is 44.8 Å². The number of aromatic nitrogens is 2. The minimum Gasteiger partial charge on any atom is -0.295 e. The highest BCUT2D eigenvalue weighted by molar-refractivity contribution is 6.21. The van der Waals surface area contributed by atoms with Crippen LogP contribution in [0.2, 0.25) is 0 Å². The highest BCUT2D eigenvalue weighted by Gasteiger charge is 2.20. The number of hydrogen-bond donors (Lipinski definition) is 0. The molecule has 0 aliphatic rings. The third kappa shape index (κ3) is 2.93. The monoisotopic (exact) mass is 453 g/mol. The topological polar surface area (TPSA) is 17.8 Å². The molecular formula is C33H24N2. The molecule has 0 aliphatic carbocycles. The van der Waals surface area contributed by atoms with Gasteiger partial charge in [-0.25, -0.2) is 4.98 Å². The maximum Gasteiger partial charge on any atom is 0.114 e. The smallest absolute Gasteiger partial charge is 0.114 e. The van der Waals surface area contributed by atoms with Gasteiger partial charge in [-0.15, -0.1) is 0 Å². The Bertz CT molecular complexity index is 2030. The van der Waals surface area contributed by atoms with Gasteiger partial charge in [-0.2, -0.15) is 0 Å². The number of benzene rings is 6. The van der Waals surface area contributed by atoms with Crippen LogP contribution in [-0.2, 0) is 6.37 Å². The molecule has 7 rings (SSSR count). The molecular weight excluding hydrogens is 424 g/mol. The van der Waals surface area contributed by atoms with E-state index in [1.165, 1.54) is 0 Å². The molecule has 0 amide bonds. The molecule has 0 N–H and O–H groups in total. The first-order valence-corrected chi connectivity index (χ1v) is 11.7. The predicted molar refractivity (Wildman–Crippen MR) is 148 cm³/mol. The molecule has 1 aromatic heterocycles. The molecule has 2 nitrogen and oxygen atoms in total. The van der Waals surface area contributed by atoms with Crippen LogP contribution in [0.4, 0.5) is 0 Å². The van der Waals surface area contributed by atoms with Crippen molar-refractivity contribution in [2.75, 3.05) is 0 Å². The lowest BCUT2D eigenvalue weighted by Gasteiger charge is -2.20. The van der Waals surface area contributed by atoms with Gasteiger partial charge < -0.3 is 0 Å². The Morgan fingerprint density at radius 2 is 1.26 bits per heavy atom. The van der Waals surface area contributed by atoms with Crippen LogP contribution in [0.15, 0.2) is 115 Å². The number of fused-ring (bicyclic) bond motifs is 4. The Morgan fingerprint density at radius 3 is 2.00 bits per heavy atom. The molecule has 0 unspecified atom stereocenters. The molecule has 1 heterocycles. The third-order valence-electron chi connectivity index (χ3n) is 6.86. The Labute approximate surface area is 211 Å². The second kappa shape index (κ2) is 7.82. The first-order chi connectivity index (χ1) is 19.3. The lowest BCUT2D eigenvalue weighted by atomic mass is 9.88. The summed E-state index contributed by atoms with van der Waals surface area (Å²) >= 11 is 0. The third-order valence-corrected chi connectivity index (χ3v) is 6.86. The summed E-state index contributed by atoms with van der Waals surface area (Å²) in [6.45, 7) is -2.92. The maximum absolute atomic E-state index is 8.75. The van der Waals surface area contributed by atoms with E-state index in [9.17, 15) is 0 Å². The minimum atomic E-state index is -2.92. The standard InChI is InChI=1S/C33H24N2/c1-2-31-34-29-20-9-10-21-30(29)35(31)33-27-17-7-5-15-25(27)32(26-16-6-8-18-28(26)33)24-19-11-13-22-12-3-4-14-23(22)24/h3-21H,2H2,1H3/i1D3,2D2. The van der Waals surface area contributed by atoms with E-state index in [0.717, 1.165) is 43.4 Å². The molecule has 0 bridgehead atoms. The van der Waals surface area contributed by atoms with Gasteiger partial charge >= 0.3 is 0 Å². The quantitative estimate of drug-likeness (QED) is 0.245. The molecule has 0 saturated heterocycles. The molecule has 0 atom stereocenters. The van der Waals surface area contributed by atoms with E-state index >= 15 is 0 Å². The average Bonchev–Trinajstić information content (AvgIpc) is 3.35. The van der Waals surface area contributed by atoms with Crippen molar-refractivity contribution in [3.05, 3.63) is 121 Å². The first kappa shape index (κ1) is 15.5. The fourth-order valence-corrected chi connectivity index (χ4v) is 5.42. The van der Waals surface area contributed by atoms with Gasteiger partial charge in [0.25, 0.3) is 0 Å². The summed E-state index contributed by atoms with van der Waals surface area (Å²) < 4.78 is 43.4. The zero-order valence-corrected chi connectivity index (χ0v) is 18.9. The number of hydrogen-bond acceptors (Lipinski definition) is 1. The van der Waals surface area contributed by atoms with Crippen LogP contribution in [0.25, 0.3) is 60.2 Å². The van der Waals surface area contributed by atoms with Crippen LogP contribution in [-0.4, -0.2) is 9.55 Å². The zero-order valence-electron chi connectivity index (χ0n) is 23.9. The van der Waals surface area contributed by atoms with Crippen molar-refractivity contribution < 1.29 is 6.85 Å². The number of nitrogens with zero attached hydrogens (tertiary/aromatic N) is 2. The van der Waals surface area contributed by atoms with Gasteiger partial charge in [0.05, 0.1) is 16.7 Å². The molecule has 0 saturated carbocycles. The Kier molecular flexibility index (Phi) is 3.45. The van der Waals surface area contributed by atoms with Gasteiger partial charge in [0, 0.05) is 24.0 Å². The molecule has 35 heavy (non-hydrogen) atoms. The summed E-state index contributed by atoms with van der Waals surface area (Å²) in [6.07, 6.45) is -2.69. The Hall–Kier alpha value is -4.43. The summed E-state index contributed by atoms with van der Waals surface area (Å²) in [5.41, 5.74) is 4.09. The summed E-state index contributed by atoms with van der Waals surface area (Å²) in [6, 6.07) is 38.1. The lowest BCUT2D eigenvalue weighted by Crippen LogP contribution is -2.03. The number of imidazole rings is 1. The van der Waals surface area contributed by atoms with Gasteiger partial charge in [0.1, 0.15) is 5.82 Å². The van der Waals surface area contributed by atoms with Crippen molar-refractivity contribution in [2.24, 2.45) is 0 Å². The predicted octanol–water partition coefficient (Wildman–Crippen LogP) is 8.71. The van der Waals surface area contributed by atoms with Crippen LogP contribution in [0.3, 0.4) is 0 Å². The normalized spacial score (nSPS) is 14.6. The van der Waals surface area contributed by atoms with Crippen molar-refractivity contribution in [1.82, 2.24) is 9.55 Å². The van der Waals surface area contributed by atoms with Crippen molar-refractivity contribution in [3.8, 4) is 16.8 Å². The summed E-state index contributed by atoms with van der Waals surface area (Å²) in [5, 5.41) is 6.03. The maximum atomic E-state index is 8.75. The van der Waals surface area contributed by atoms with Crippen molar-refractivity contribution >= 4 is 43.4 Å². The van der Waals surface area contributed by atoms with Gasteiger partial charge in [-0.3, -0.25) is 4.57 Å². The van der Waals surface area contributed by atoms with E-state index in [-0.39, 0.29) is 5.82 Å². The summed E-state index contributed by atoms with van der Waals surface area (Å²) in [5.74, 6) is -0.137. The van der Waals surface area contributed by atoms with Crippen LogP contribution in [0.5, 0.6) is 0 Å². The molecule has 7 aromatic rings. The molecule has 0 spiro atoms. The highest BCUT2D eigenvalue weighted by Crippen LogP contribution is 2.44.